The number of aliphatic hydroxyl groups is 1. The Bertz CT molecular complexity index is 527. The van der Waals surface area contributed by atoms with Crippen molar-refractivity contribution in [2.24, 2.45) is 0 Å². The van der Waals surface area contributed by atoms with Crippen molar-refractivity contribution >= 4 is 5.69 Å². The first kappa shape index (κ1) is 11.4. The molecule has 17 heavy (non-hydrogen) atoms. The molecule has 1 aromatic heterocycles. The van der Waals surface area contributed by atoms with Crippen LogP contribution in [-0.4, -0.2) is 17.2 Å². The number of nitrogens with two attached hydrogens (primary N) is 1. The van der Waals surface area contributed by atoms with E-state index in [1.54, 1.807) is 19.5 Å². The molecule has 0 saturated carbocycles. The predicted molar refractivity (Wildman–Crippen MR) is 66.6 cm³/mol. The molecule has 0 bridgehead atoms. The molecule has 0 atom stereocenters. The normalized spacial score (nSPS) is 10.2. The second-order valence-corrected chi connectivity index (χ2v) is 3.69. The van der Waals surface area contributed by atoms with Gasteiger partial charge in [-0.2, -0.15) is 0 Å². The third-order valence-corrected chi connectivity index (χ3v) is 2.54. The second kappa shape index (κ2) is 4.84. The van der Waals surface area contributed by atoms with E-state index in [1.807, 2.05) is 24.3 Å². The highest BCUT2D eigenvalue weighted by atomic mass is 16.5. The van der Waals surface area contributed by atoms with Gasteiger partial charge in [0.25, 0.3) is 0 Å². The number of aromatic nitrogens is 1. The average molecular weight is 230 g/mol. The molecule has 0 fully saturated rings. The molecular formula is C13H14N2O2. The Kier molecular flexibility index (Phi) is 3.25. The number of anilines is 1. The van der Waals surface area contributed by atoms with Crippen molar-refractivity contribution in [1.82, 2.24) is 4.98 Å². The maximum Gasteiger partial charge on any atom is 0.124 e. The van der Waals surface area contributed by atoms with Crippen LogP contribution in [0.4, 0.5) is 5.69 Å². The van der Waals surface area contributed by atoms with Gasteiger partial charge in [-0.05, 0) is 23.8 Å². The lowest BCUT2D eigenvalue weighted by atomic mass is 10.0. The number of ether oxygens (including phenoxy) is 1. The van der Waals surface area contributed by atoms with Crippen LogP contribution in [0.25, 0.3) is 11.1 Å². The fraction of sp³-hybridized carbons (Fsp3) is 0.154. The number of methoxy groups -OCH3 is 1. The van der Waals surface area contributed by atoms with Crippen molar-refractivity contribution in [3.05, 3.63) is 42.2 Å². The number of hydrogen-bond donors (Lipinski definition) is 2. The fourth-order valence-electron chi connectivity index (χ4n) is 1.70. The molecule has 0 amide bonds. The van der Waals surface area contributed by atoms with Crippen LogP contribution in [0.3, 0.4) is 0 Å². The van der Waals surface area contributed by atoms with Gasteiger partial charge in [0.15, 0.2) is 0 Å². The molecule has 0 aliphatic heterocycles. The molecular weight excluding hydrogens is 216 g/mol. The monoisotopic (exact) mass is 230 g/mol. The largest absolute Gasteiger partial charge is 0.496 e. The van der Waals surface area contributed by atoms with Crippen molar-refractivity contribution in [3.8, 4) is 16.9 Å². The zero-order valence-electron chi connectivity index (χ0n) is 9.55. The third kappa shape index (κ3) is 2.37. The Hall–Kier alpha value is -2.07. The molecule has 1 aromatic carbocycles. The number of benzene rings is 1. The molecule has 4 heteroatoms. The van der Waals surface area contributed by atoms with Crippen molar-refractivity contribution in [1.29, 1.82) is 0 Å². The molecule has 0 unspecified atom stereocenters. The molecule has 1 heterocycles. The van der Waals surface area contributed by atoms with Gasteiger partial charge in [0, 0.05) is 23.5 Å². The highest BCUT2D eigenvalue weighted by Gasteiger charge is 2.05. The molecule has 0 saturated heterocycles. The first-order chi connectivity index (χ1) is 8.24. The Labute approximate surface area is 99.7 Å². The first-order valence-corrected chi connectivity index (χ1v) is 5.23. The van der Waals surface area contributed by atoms with Crippen molar-refractivity contribution in [2.75, 3.05) is 12.8 Å². The van der Waals surface area contributed by atoms with E-state index in [4.69, 9.17) is 10.5 Å². The number of nitrogens with zero attached hydrogens (tertiary/aromatic N) is 1. The van der Waals surface area contributed by atoms with Crippen molar-refractivity contribution < 1.29 is 9.84 Å². The minimum atomic E-state index is -0.0627. The average Bonchev–Trinajstić information content (AvgIpc) is 2.38. The minimum Gasteiger partial charge on any atom is -0.496 e. The molecule has 4 nitrogen and oxygen atoms in total. The van der Waals surface area contributed by atoms with Gasteiger partial charge in [0.1, 0.15) is 5.75 Å². The quantitative estimate of drug-likeness (QED) is 0.844. The van der Waals surface area contributed by atoms with Crippen molar-refractivity contribution in [2.45, 2.75) is 6.61 Å². The number of nitrogen functional groups attached to an aromatic ring is 1. The van der Waals surface area contributed by atoms with Gasteiger partial charge in [-0.3, -0.25) is 4.98 Å². The zero-order chi connectivity index (χ0) is 12.3. The Morgan fingerprint density at radius 2 is 2.06 bits per heavy atom. The van der Waals surface area contributed by atoms with Gasteiger partial charge in [-0.1, -0.05) is 6.07 Å². The van der Waals surface area contributed by atoms with Crippen LogP contribution < -0.4 is 10.5 Å². The molecule has 2 aromatic rings. The van der Waals surface area contributed by atoms with Crippen molar-refractivity contribution in [3.63, 3.8) is 0 Å². The lowest BCUT2D eigenvalue weighted by Crippen LogP contribution is -1.93. The summed E-state index contributed by atoms with van der Waals surface area (Å²) in [7, 11) is 1.58. The number of pyridine rings is 1. The molecule has 3 N–H and O–H groups in total. The van der Waals surface area contributed by atoms with Crippen LogP contribution in [0.1, 0.15) is 5.56 Å². The van der Waals surface area contributed by atoms with E-state index in [0.29, 0.717) is 11.4 Å². The Morgan fingerprint density at radius 1 is 1.24 bits per heavy atom. The van der Waals surface area contributed by atoms with Gasteiger partial charge >= 0.3 is 0 Å². The zero-order valence-corrected chi connectivity index (χ0v) is 9.55. The molecule has 2 rings (SSSR count). The standard InChI is InChI=1S/C13H14N2O2/c1-17-13-3-2-9(4-11(13)8-16)10-5-12(14)7-15-6-10/h2-7,16H,8,14H2,1H3. The van der Waals surface area contributed by atoms with E-state index in [1.165, 1.54) is 0 Å². The van der Waals surface area contributed by atoms with Gasteiger partial charge in [-0.15, -0.1) is 0 Å². The van der Waals surface area contributed by atoms with Gasteiger partial charge in [0.2, 0.25) is 0 Å². The highest BCUT2D eigenvalue weighted by molar-refractivity contribution is 5.67. The van der Waals surface area contributed by atoms with E-state index in [-0.39, 0.29) is 6.61 Å². The Balaban J connectivity index is 2.46. The summed E-state index contributed by atoms with van der Waals surface area (Å²) in [6, 6.07) is 7.45. The van der Waals surface area contributed by atoms with Crippen LogP contribution in [0.2, 0.25) is 0 Å². The molecule has 0 aliphatic carbocycles. The van der Waals surface area contributed by atoms with Crippen LogP contribution >= 0.6 is 0 Å². The first-order valence-electron chi connectivity index (χ1n) is 5.23. The summed E-state index contributed by atoms with van der Waals surface area (Å²) in [5.74, 6) is 0.674. The molecule has 0 radical (unpaired) electrons. The summed E-state index contributed by atoms with van der Waals surface area (Å²) < 4.78 is 5.15. The predicted octanol–water partition coefficient (Wildman–Crippen LogP) is 1.83. The van der Waals surface area contributed by atoms with E-state index >= 15 is 0 Å². The molecule has 0 aliphatic rings. The third-order valence-electron chi connectivity index (χ3n) is 2.54. The summed E-state index contributed by atoms with van der Waals surface area (Å²) in [6.07, 6.45) is 3.33. The second-order valence-electron chi connectivity index (χ2n) is 3.69. The SMILES string of the molecule is COc1ccc(-c2cncc(N)c2)cc1CO. The number of rotatable bonds is 3. The van der Waals surface area contributed by atoms with E-state index in [9.17, 15) is 5.11 Å². The summed E-state index contributed by atoms with van der Waals surface area (Å²) in [6.45, 7) is -0.0627. The van der Waals surface area contributed by atoms with E-state index in [0.717, 1.165) is 16.7 Å². The van der Waals surface area contributed by atoms with Gasteiger partial charge < -0.3 is 15.6 Å². The summed E-state index contributed by atoms with van der Waals surface area (Å²) in [5, 5.41) is 9.26. The smallest absolute Gasteiger partial charge is 0.124 e. The Morgan fingerprint density at radius 3 is 2.71 bits per heavy atom. The van der Waals surface area contributed by atoms with E-state index < -0.39 is 0 Å². The lowest BCUT2D eigenvalue weighted by Gasteiger charge is -2.09. The topological polar surface area (TPSA) is 68.4 Å². The maximum atomic E-state index is 9.26. The summed E-state index contributed by atoms with van der Waals surface area (Å²) in [5.41, 5.74) is 8.92. The van der Waals surface area contributed by atoms with Gasteiger partial charge in [0.05, 0.1) is 19.4 Å². The van der Waals surface area contributed by atoms with Gasteiger partial charge in [-0.25, -0.2) is 0 Å². The number of aliphatic hydroxyl groups excluding tert-OH is 1. The van der Waals surface area contributed by atoms with Crippen LogP contribution in [0.15, 0.2) is 36.7 Å². The summed E-state index contributed by atoms with van der Waals surface area (Å²) >= 11 is 0. The fourth-order valence-corrected chi connectivity index (χ4v) is 1.70. The van der Waals surface area contributed by atoms with Crippen LogP contribution in [-0.2, 0) is 6.61 Å². The highest BCUT2D eigenvalue weighted by Crippen LogP contribution is 2.27. The van der Waals surface area contributed by atoms with Crippen LogP contribution in [0.5, 0.6) is 5.75 Å². The summed E-state index contributed by atoms with van der Waals surface area (Å²) in [4.78, 5) is 4.04. The molecule has 88 valence electrons. The lowest BCUT2D eigenvalue weighted by molar-refractivity contribution is 0.274. The molecule has 0 spiro atoms. The maximum absolute atomic E-state index is 9.26. The number of hydrogen-bond acceptors (Lipinski definition) is 4. The minimum absolute atomic E-state index is 0.0627. The van der Waals surface area contributed by atoms with Crippen LogP contribution in [0, 0.1) is 0 Å². The van der Waals surface area contributed by atoms with E-state index in [2.05, 4.69) is 4.98 Å².